The van der Waals surface area contributed by atoms with Gasteiger partial charge in [-0.3, -0.25) is 14.5 Å². The van der Waals surface area contributed by atoms with Crippen molar-refractivity contribution < 1.29 is 18.7 Å². The first-order valence-corrected chi connectivity index (χ1v) is 12.2. The number of aromatic nitrogens is 1. The number of ether oxygens (including phenoxy) is 2. The van der Waals surface area contributed by atoms with E-state index < -0.39 is 11.9 Å². The Hall–Kier alpha value is -4.43. The fourth-order valence-corrected chi connectivity index (χ4v) is 5.14. The van der Waals surface area contributed by atoms with Crippen molar-refractivity contribution in [2.75, 3.05) is 12.0 Å². The van der Waals surface area contributed by atoms with Crippen LogP contribution in [0.1, 0.15) is 33.3 Å². The van der Waals surface area contributed by atoms with Crippen LogP contribution in [0.2, 0.25) is 0 Å². The highest BCUT2D eigenvalue weighted by molar-refractivity contribution is 7.13. The second-order valence-corrected chi connectivity index (χ2v) is 9.12. The Bertz CT molecular complexity index is 1630. The molecule has 1 aliphatic rings. The number of methoxy groups -OCH3 is 1. The number of fused-ring (bicyclic) bond motifs is 2. The third-order valence-electron chi connectivity index (χ3n) is 6.14. The molecule has 36 heavy (non-hydrogen) atoms. The van der Waals surface area contributed by atoms with Gasteiger partial charge >= 0.3 is 0 Å². The number of rotatable bonds is 6. The van der Waals surface area contributed by atoms with Gasteiger partial charge in [0, 0.05) is 11.6 Å². The molecule has 0 aliphatic carbocycles. The number of hydrogen-bond donors (Lipinski definition) is 0. The third-order valence-corrected chi connectivity index (χ3v) is 6.91. The van der Waals surface area contributed by atoms with Gasteiger partial charge in [0.15, 0.2) is 22.1 Å². The highest BCUT2D eigenvalue weighted by Crippen LogP contribution is 2.43. The molecular weight excluding hydrogens is 476 g/mol. The van der Waals surface area contributed by atoms with E-state index in [0.717, 1.165) is 5.56 Å². The molecular formula is C28H20N2O5S. The predicted molar refractivity (Wildman–Crippen MR) is 137 cm³/mol. The van der Waals surface area contributed by atoms with E-state index in [4.69, 9.17) is 13.9 Å². The molecule has 0 fully saturated rings. The molecule has 1 atom stereocenters. The summed E-state index contributed by atoms with van der Waals surface area (Å²) in [5.41, 5.74) is 2.13. The zero-order valence-electron chi connectivity index (χ0n) is 19.2. The number of carbonyl (C=O) groups excluding carboxylic acids is 1. The molecule has 2 aromatic heterocycles. The van der Waals surface area contributed by atoms with Gasteiger partial charge in [0.2, 0.25) is 5.76 Å². The monoisotopic (exact) mass is 496 g/mol. The summed E-state index contributed by atoms with van der Waals surface area (Å²) in [4.78, 5) is 33.1. The van der Waals surface area contributed by atoms with Gasteiger partial charge in [0.25, 0.3) is 5.91 Å². The lowest BCUT2D eigenvalue weighted by Crippen LogP contribution is -2.29. The Kier molecular flexibility index (Phi) is 5.50. The van der Waals surface area contributed by atoms with Crippen LogP contribution in [-0.2, 0) is 6.61 Å². The fourth-order valence-electron chi connectivity index (χ4n) is 4.48. The summed E-state index contributed by atoms with van der Waals surface area (Å²) in [5.74, 6) is 0.674. The maximum absolute atomic E-state index is 13.6. The Morgan fingerprint density at radius 2 is 1.81 bits per heavy atom. The Balaban J connectivity index is 1.47. The fraction of sp³-hybridized carbons (Fsp3) is 0.107. The van der Waals surface area contributed by atoms with Gasteiger partial charge in [-0.1, -0.05) is 48.5 Å². The minimum atomic E-state index is -0.725. The number of thiazole rings is 1. The predicted octanol–water partition coefficient (Wildman–Crippen LogP) is 5.59. The number of anilines is 1. The zero-order chi connectivity index (χ0) is 24.6. The van der Waals surface area contributed by atoms with E-state index in [9.17, 15) is 9.59 Å². The molecule has 1 aliphatic heterocycles. The average molecular weight is 497 g/mol. The molecule has 0 radical (unpaired) electrons. The average Bonchev–Trinajstić information content (AvgIpc) is 3.55. The van der Waals surface area contributed by atoms with Crippen molar-refractivity contribution >= 4 is 33.3 Å². The van der Waals surface area contributed by atoms with Gasteiger partial charge in [-0.15, -0.1) is 11.3 Å². The lowest BCUT2D eigenvalue weighted by atomic mass is 9.98. The summed E-state index contributed by atoms with van der Waals surface area (Å²) in [6.45, 7) is 0.377. The van der Waals surface area contributed by atoms with Crippen LogP contribution in [0.5, 0.6) is 11.5 Å². The van der Waals surface area contributed by atoms with E-state index in [1.165, 1.54) is 16.2 Å². The first-order valence-electron chi connectivity index (χ1n) is 11.3. The number of amides is 1. The minimum Gasteiger partial charge on any atom is -0.493 e. The maximum atomic E-state index is 13.6. The molecule has 7 nitrogen and oxygen atoms in total. The van der Waals surface area contributed by atoms with Gasteiger partial charge in [-0.2, -0.15) is 0 Å². The SMILES string of the molecule is COc1cc(C2c3c(oc4ccccc4c3=O)C(=O)N2c2nccs2)ccc1OCc1ccccc1. The van der Waals surface area contributed by atoms with Crippen molar-refractivity contribution in [2.24, 2.45) is 0 Å². The number of carbonyl (C=O) groups is 1. The van der Waals surface area contributed by atoms with E-state index in [1.54, 1.807) is 55.1 Å². The van der Waals surface area contributed by atoms with E-state index in [1.807, 2.05) is 36.4 Å². The largest absolute Gasteiger partial charge is 0.493 e. The molecule has 3 heterocycles. The molecule has 8 heteroatoms. The normalized spacial score (nSPS) is 14.8. The smallest absolute Gasteiger partial charge is 0.297 e. The lowest BCUT2D eigenvalue weighted by molar-refractivity contribution is 0.0971. The van der Waals surface area contributed by atoms with E-state index in [2.05, 4.69) is 4.98 Å². The highest BCUT2D eigenvalue weighted by Gasteiger charge is 2.45. The Morgan fingerprint density at radius 3 is 2.58 bits per heavy atom. The van der Waals surface area contributed by atoms with E-state index in [0.29, 0.717) is 39.8 Å². The molecule has 0 saturated heterocycles. The zero-order valence-corrected chi connectivity index (χ0v) is 20.0. The number of para-hydroxylation sites is 1. The van der Waals surface area contributed by atoms with Gasteiger partial charge in [-0.05, 0) is 35.4 Å². The van der Waals surface area contributed by atoms with Crippen LogP contribution in [0.25, 0.3) is 11.0 Å². The van der Waals surface area contributed by atoms with Crippen LogP contribution >= 0.6 is 11.3 Å². The van der Waals surface area contributed by atoms with Gasteiger partial charge in [-0.25, -0.2) is 4.98 Å². The molecule has 0 saturated carbocycles. The number of hydrogen-bond acceptors (Lipinski definition) is 7. The molecule has 1 unspecified atom stereocenters. The van der Waals surface area contributed by atoms with Crippen molar-refractivity contribution in [3.8, 4) is 11.5 Å². The summed E-state index contributed by atoms with van der Waals surface area (Å²) in [7, 11) is 1.56. The van der Waals surface area contributed by atoms with Gasteiger partial charge in [0.1, 0.15) is 12.2 Å². The van der Waals surface area contributed by atoms with Gasteiger partial charge < -0.3 is 13.9 Å². The third kappa shape index (κ3) is 3.63. The van der Waals surface area contributed by atoms with Crippen molar-refractivity contribution in [3.05, 3.63) is 117 Å². The van der Waals surface area contributed by atoms with Crippen molar-refractivity contribution in [1.82, 2.24) is 4.98 Å². The standard InChI is InChI=1S/C28H20N2O5S/c1-33-22-15-18(11-12-21(22)34-16-17-7-3-2-4-8-17)24-23-25(31)19-9-5-6-10-20(19)35-26(23)27(32)30(24)28-29-13-14-36-28/h2-15,24H,16H2,1H3. The summed E-state index contributed by atoms with van der Waals surface area (Å²) in [5, 5.41) is 2.68. The Morgan fingerprint density at radius 1 is 1.00 bits per heavy atom. The maximum Gasteiger partial charge on any atom is 0.297 e. The first-order chi connectivity index (χ1) is 17.7. The Labute approximate surface area is 210 Å². The lowest BCUT2D eigenvalue weighted by Gasteiger charge is -2.23. The van der Waals surface area contributed by atoms with E-state index in [-0.39, 0.29) is 16.8 Å². The molecule has 0 N–H and O–H groups in total. The molecule has 5 aromatic rings. The molecule has 3 aromatic carbocycles. The first kappa shape index (κ1) is 22.1. The van der Waals surface area contributed by atoms with Crippen molar-refractivity contribution in [1.29, 1.82) is 0 Å². The summed E-state index contributed by atoms with van der Waals surface area (Å²) < 4.78 is 17.6. The van der Waals surface area contributed by atoms with Crippen LogP contribution < -0.4 is 19.8 Å². The van der Waals surface area contributed by atoms with Crippen LogP contribution in [-0.4, -0.2) is 18.0 Å². The molecule has 6 rings (SSSR count). The number of benzene rings is 3. The second-order valence-electron chi connectivity index (χ2n) is 8.25. The van der Waals surface area contributed by atoms with Crippen LogP contribution in [0.4, 0.5) is 5.13 Å². The summed E-state index contributed by atoms with van der Waals surface area (Å²) in [6, 6.07) is 21.5. The quantitative estimate of drug-likeness (QED) is 0.305. The van der Waals surface area contributed by atoms with E-state index >= 15 is 0 Å². The van der Waals surface area contributed by atoms with Crippen molar-refractivity contribution in [2.45, 2.75) is 12.6 Å². The molecule has 1 amide bonds. The second kappa shape index (κ2) is 8.98. The topological polar surface area (TPSA) is 81.9 Å². The molecule has 0 spiro atoms. The van der Waals surface area contributed by atoms with Crippen LogP contribution in [0.15, 0.2) is 93.6 Å². The molecule has 178 valence electrons. The van der Waals surface area contributed by atoms with Crippen LogP contribution in [0.3, 0.4) is 0 Å². The molecule has 0 bridgehead atoms. The highest BCUT2D eigenvalue weighted by atomic mass is 32.1. The van der Waals surface area contributed by atoms with Gasteiger partial charge in [0.05, 0.1) is 24.1 Å². The number of nitrogens with zero attached hydrogens (tertiary/aromatic N) is 2. The van der Waals surface area contributed by atoms with Crippen LogP contribution in [0, 0.1) is 0 Å². The summed E-state index contributed by atoms with van der Waals surface area (Å²) >= 11 is 1.32. The summed E-state index contributed by atoms with van der Waals surface area (Å²) in [6.07, 6.45) is 1.63. The van der Waals surface area contributed by atoms with Crippen molar-refractivity contribution in [3.63, 3.8) is 0 Å². The minimum absolute atomic E-state index is 0.0299.